The summed E-state index contributed by atoms with van der Waals surface area (Å²) in [5, 5.41) is 14.0. The molecule has 0 radical (unpaired) electrons. The van der Waals surface area contributed by atoms with Gasteiger partial charge in [0.25, 0.3) is 11.6 Å². The van der Waals surface area contributed by atoms with E-state index in [0.717, 1.165) is 30.8 Å². The number of aromatic nitrogens is 1. The lowest BCUT2D eigenvalue weighted by molar-refractivity contribution is -0.385. The molecule has 2 unspecified atom stereocenters. The Bertz CT molecular complexity index is 926. The van der Waals surface area contributed by atoms with Crippen LogP contribution in [0.2, 0.25) is 5.02 Å². The summed E-state index contributed by atoms with van der Waals surface area (Å²) in [4.78, 5) is 28.0. The molecule has 10 heteroatoms. The molecule has 1 aliphatic rings. The normalized spacial score (nSPS) is 19.5. The van der Waals surface area contributed by atoms with Gasteiger partial charge < -0.3 is 11.1 Å². The molecule has 28 heavy (non-hydrogen) atoms. The number of likely N-dealkylation sites (tertiary alicyclic amines) is 1. The molecular weight excluding hydrogens is 389 g/mol. The van der Waals surface area contributed by atoms with Crippen molar-refractivity contribution in [2.24, 2.45) is 11.7 Å². The van der Waals surface area contributed by atoms with Crippen LogP contribution in [0.1, 0.15) is 28.4 Å². The van der Waals surface area contributed by atoms with E-state index >= 15 is 0 Å². The number of halogens is 2. The Morgan fingerprint density at radius 3 is 2.89 bits per heavy atom. The Morgan fingerprint density at radius 2 is 2.25 bits per heavy atom. The van der Waals surface area contributed by atoms with Gasteiger partial charge in [0, 0.05) is 18.7 Å². The Balaban J connectivity index is 1.80. The maximum Gasteiger partial charge on any atom is 0.288 e. The topological polar surface area (TPSA) is 114 Å². The zero-order valence-corrected chi connectivity index (χ0v) is 15.8. The first-order chi connectivity index (χ1) is 13.3. The summed E-state index contributed by atoms with van der Waals surface area (Å²) >= 11 is 5.78. The number of anilines is 1. The number of pyridine rings is 1. The third-order valence-electron chi connectivity index (χ3n) is 4.94. The molecule has 1 amide bonds. The Morgan fingerprint density at radius 1 is 1.50 bits per heavy atom. The molecule has 0 aliphatic carbocycles. The van der Waals surface area contributed by atoms with E-state index in [-0.39, 0.29) is 34.1 Å². The predicted molar refractivity (Wildman–Crippen MR) is 103 cm³/mol. The fraction of sp³-hybridized carbons (Fsp3) is 0.333. The molecule has 2 heterocycles. The molecule has 2 aromatic rings. The zero-order valence-electron chi connectivity index (χ0n) is 15.1. The maximum absolute atomic E-state index is 13.9. The summed E-state index contributed by atoms with van der Waals surface area (Å²) in [5.74, 6) is -0.991. The van der Waals surface area contributed by atoms with Gasteiger partial charge in [0.05, 0.1) is 15.5 Å². The van der Waals surface area contributed by atoms with Crippen LogP contribution in [0.25, 0.3) is 0 Å². The summed E-state index contributed by atoms with van der Waals surface area (Å²) in [7, 11) is 1.95. The van der Waals surface area contributed by atoms with E-state index in [1.54, 1.807) is 6.07 Å². The van der Waals surface area contributed by atoms with Crippen LogP contribution in [-0.4, -0.2) is 40.9 Å². The molecular formula is C18H19ClFN5O3. The fourth-order valence-corrected chi connectivity index (χ4v) is 3.69. The smallest absolute Gasteiger partial charge is 0.288 e. The number of primary amides is 1. The predicted octanol–water partition coefficient (Wildman–Crippen LogP) is 2.99. The van der Waals surface area contributed by atoms with Crippen LogP contribution < -0.4 is 11.1 Å². The summed E-state index contributed by atoms with van der Waals surface area (Å²) < 4.78 is 13.9. The van der Waals surface area contributed by atoms with Crippen molar-refractivity contribution in [2.75, 3.05) is 25.5 Å². The molecule has 1 saturated heterocycles. The average molecular weight is 408 g/mol. The number of nitrogens with zero attached hydrogens (tertiary/aromatic N) is 3. The third kappa shape index (κ3) is 4.05. The first kappa shape index (κ1) is 20.0. The number of nitro groups is 1. The van der Waals surface area contributed by atoms with Crippen molar-refractivity contribution in [3.05, 3.63) is 62.5 Å². The van der Waals surface area contributed by atoms with E-state index < -0.39 is 16.6 Å². The van der Waals surface area contributed by atoms with Crippen molar-refractivity contribution in [2.45, 2.75) is 12.5 Å². The zero-order chi connectivity index (χ0) is 20.4. The number of nitrogens with two attached hydrogens (primary N) is 1. The maximum atomic E-state index is 13.9. The number of carbonyl (C=O) groups is 1. The third-order valence-corrected chi connectivity index (χ3v) is 5.25. The van der Waals surface area contributed by atoms with Gasteiger partial charge >= 0.3 is 0 Å². The van der Waals surface area contributed by atoms with Gasteiger partial charge in [-0.1, -0.05) is 17.7 Å². The minimum Gasteiger partial charge on any atom is -0.369 e. The first-order valence-corrected chi connectivity index (χ1v) is 8.99. The number of amides is 1. The highest BCUT2D eigenvalue weighted by Crippen LogP contribution is 2.37. The van der Waals surface area contributed by atoms with Crippen LogP contribution in [0.5, 0.6) is 0 Å². The number of hydrogen-bond donors (Lipinski definition) is 2. The minimum atomic E-state index is -0.807. The Kier molecular flexibility index (Phi) is 5.76. The van der Waals surface area contributed by atoms with E-state index in [2.05, 4.69) is 15.2 Å². The lowest BCUT2D eigenvalue weighted by atomic mass is 9.93. The highest BCUT2D eigenvalue weighted by atomic mass is 35.5. The lowest BCUT2D eigenvalue weighted by Crippen LogP contribution is -2.26. The molecule has 1 aromatic heterocycles. The second-order valence-corrected chi connectivity index (χ2v) is 7.15. The summed E-state index contributed by atoms with van der Waals surface area (Å²) in [6.07, 6.45) is 1.92. The second-order valence-electron chi connectivity index (χ2n) is 6.74. The molecule has 1 aromatic carbocycles. The van der Waals surface area contributed by atoms with E-state index in [9.17, 15) is 19.3 Å². The molecule has 2 atom stereocenters. The number of hydrogen-bond acceptors (Lipinski definition) is 6. The van der Waals surface area contributed by atoms with Gasteiger partial charge in [-0.3, -0.25) is 19.8 Å². The minimum absolute atomic E-state index is 0.0466. The standard InChI is InChI=1S/C18H19ClFN5O3/c1-24-5-4-11(16(24)10-2-3-14(19)15(20)6-10)8-22-18-13(17(21)26)7-12(9-23-18)25(27)28/h2-3,6-7,9,11,16H,4-5,8H2,1H3,(H2,21,26)(H,22,23). The van der Waals surface area contributed by atoms with Crippen LogP contribution in [0, 0.1) is 21.8 Å². The summed E-state index contributed by atoms with van der Waals surface area (Å²) in [6, 6.07) is 5.82. The van der Waals surface area contributed by atoms with Crippen molar-refractivity contribution in [3.8, 4) is 0 Å². The van der Waals surface area contributed by atoms with Gasteiger partial charge in [-0.15, -0.1) is 0 Å². The van der Waals surface area contributed by atoms with Crippen molar-refractivity contribution >= 4 is 29.0 Å². The second kappa shape index (κ2) is 8.07. The largest absolute Gasteiger partial charge is 0.369 e. The Hall–Kier alpha value is -2.78. The Labute approximate surface area is 165 Å². The van der Waals surface area contributed by atoms with Crippen LogP contribution >= 0.6 is 11.6 Å². The number of benzene rings is 1. The van der Waals surface area contributed by atoms with E-state index in [0.29, 0.717) is 6.54 Å². The first-order valence-electron chi connectivity index (χ1n) is 8.61. The molecule has 148 valence electrons. The highest BCUT2D eigenvalue weighted by molar-refractivity contribution is 6.30. The number of rotatable bonds is 6. The van der Waals surface area contributed by atoms with Gasteiger partial charge in [-0.25, -0.2) is 9.37 Å². The molecule has 1 aliphatic heterocycles. The monoisotopic (exact) mass is 407 g/mol. The van der Waals surface area contributed by atoms with Gasteiger partial charge in [-0.05, 0) is 43.6 Å². The molecule has 0 spiro atoms. The van der Waals surface area contributed by atoms with Crippen LogP contribution in [0.4, 0.5) is 15.9 Å². The SMILES string of the molecule is CN1CCC(CNc2ncc([N+](=O)[O-])cc2C(N)=O)C1c1ccc(Cl)c(F)c1. The van der Waals surface area contributed by atoms with Crippen LogP contribution in [-0.2, 0) is 0 Å². The van der Waals surface area contributed by atoms with Crippen molar-refractivity contribution < 1.29 is 14.1 Å². The van der Waals surface area contributed by atoms with Crippen molar-refractivity contribution in [1.29, 1.82) is 0 Å². The quantitative estimate of drug-likeness (QED) is 0.562. The van der Waals surface area contributed by atoms with Crippen molar-refractivity contribution in [3.63, 3.8) is 0 Å². The molecule has 1 fully saturated rings. The lowest BCUT2D eigenvalue weighted by Gasteiger charge is -2.26. The van der Waals surface area contributed by atoms with Crippen LogP contribution in [0.3, 0.4) is 0 Å². The van der Waals surface area contributed by atoms with Crippen molar-refractivity contribution in [1.82, 2.24) is 9.88 Å². The molecule has 0 bridgehead atoms. The highest BCUT2D eigenvalue weighted by Gasteiger charge is 2.33. The van der Waals surface area contributed by atoms with E-state index in [4.69, 9.17) is 17.3 Å². The molecule has 0 saturated carbocycles. The average Bonchev–Trinajstić information content (AvgIpc) is 3.02. The van der Waals surface area contributed by atoms with Gasteiger partial charge in [-0.2, -0.15) is 0 Å². The van der Waals surface area contributed by atoms with Crippen LogP contribution in [0.15, 0.2) is 30.5 Å². The van der Waals surface area contributed by atoms with Gasteiger partial charge in [0.15, 0.2) is 0 Å². The van der Waals surface area contributed by atoms with Gasteiger partial charge in [0.1, 0.15) is 17.8 Å². The fourth-order valence-electron chi connectivity index (χ4n) is 3.57. The molecule has 3 rings (SSSR count). The van der Waals surface area contributed by atoms with Gasteiger partial charge in [0.2, 0.25) is 0 Å². The number of carbonyl (C=O) groups excluding carboxylic acids is 1. The number of nitrogens with one attached hydrogen (secondary N) is 1. The summed E-state index contributed by atoms with van der Waals surface area (Å²) in [5.41, 5.74) is 5.78. The van der Waals surface area contributed by atoms with E-state index in [1.165, 1.54) is 12.1 Å². The summed E-state index contributed by atoms with van der Waals surface area (Å²) in [6.45, 7) is 1.25. The molecule has 8 nitrogen and oxygen atoms in total. The van der Waals surface area contributed by atoms with E-state index in [1.807, 2.05) is 7.05 Å². The molecule has 3 N–H and O–H groups in total.